The maximum atomic E-state index is 12.2. The summed E-state index contributed by atoms with van der Waals surface area (Å²) in [7, 11) is 1.84. The molecule has 0 radical (unpaired) electrons. The second kappa shape index (κ2) is 7.56. The van der Waals surface area contributed by atoms with Crippen LogP contribution in [0, 0.1) is 13.8 Å². The lowest BCUT2D eigenvalue weighted by molar-refractivity contribution is -0.117. The van der Waals surface area contributed by atoms with Gasteiger partial charge in [0, 0.05) is 38.9 Å². The number of nitrogens with one attached hydrogen (secondary N) is 2. The van der Waals surface area contributed by atoms with E-state index in [1.807, 2.05) is 26.1 Å². The van der Waals surface area contributed by atoms with Gasteiger partial charge >= 0.3 is 0 Å². The Morgan fingerprint density at radius 3 is 2.55 bits per heavy atom. The number of benzene rings is 1. The third-order valence-corrected chi connectivity index (χ3v) is 4.58. The fourth-order valence-electron chi connectivity index (χ4n) is 2.55. The number of nitrogens with zero attached hydrogens (tertiary/aromatic N) is 2. The minimum absolute atomic E-state index is 0.0401. The molecule has 0 aliphatic carbocycles. The van der Waals surface area contributed by atoms with Crippen LogP contribution in [0.25, 0.3) is 0 Å². The monoisotopic (exact) mass is 320 g/mol. The molecule has 1 aliphatic heterocycles. The average molecular weight is 320 g/mol. The van der Waals surface area contributed by atoms with E-state index in [0.717, 1.165) is 42.5 Å². The SMILES string of the molecule is CNC(=S)N1CCN(CC(=O)Nc2cccc(C)c2C)CC1. The summed E-state index contributed by atoms with van der Waals surface area (Å²) < 4.78 is 0. The molecule has 0 spiro atoms. The number of amides is 1. The quantitative estimate of drug-likeness (QED) is 0.824. The molecule has 0 atom stereocenters. The van der Waals surface area contributed by atoms with E-state index < -0.39 is 0 Å². The van der Waals surface area contributed by atoms with Crippen molar-refractivity contribution < 1.29 is 4.79 Å². The highest BCUT2D eigenvalue weighted by atomic mass is 32.1. The number of piperazine rings is 1. The highest BCUT2D eigenvalue weighted by Crippen LogP contribution is 2.17. The van der Waals surface area contributed by atoms with Crippen molar-refractivity contribution in [3.8, 4) is 0 Å². The molecule has 5 nitrogen and oxygen atoms in total. The maximum absolute atomic E-state index is 12.2. The van der Waals surface area contributed by atoms with Crippen molar-refractivity contribution >= 4 is 28.9 Å². The highest BCUT2D eigenvalue weighted by Gasteiger charge is 2.20. The second-order valence-electron chi connectivity index (χ2n) is 5.61. The van der Waals surface area contributed by atoms with Crippen LogP contribution < -0.4 is 10.6 Å². The average Bonchev–Trinajstić information content (AvgIpc) is 2.52. The molecule has 22 heavy (non-hydrogen) atoms. The second-order valence-corrected chi connectivity index (χ2v) is 6.00. The molecule has 120 valence electrons. The number of carbonyl (C=O) groups is 1. The lowest BCUT2D eigenvalue weighted by Gasteiger charge is -2.35. The van der Waals surface area contributed by atoms with E-state index in [0.29, 0.717) is 6.54 Å². The molecular formula is C16H24N4OS. The van der Waals surface area contributed by atoms with Crippen molar-refractivity contribution in [3.63, 3.8) is 0 Å². The number of thiocarbonyl (C=S) groups is 1. The standard InChI is InChI=1S/C16H24N4OS/c1-12-5-4-6-14(13(12)2)18-15(21)11-19-7-9-20(10-8-19)16(22)17-3/h4-6H,7-11H2,1-3H3,(H,17,22)(H,18,21). The van der Waals surface area contributed by atoms with Gasteiger partial charge in [-0.05, 0) is 43.3 Å². The van der Waals surface area contributed by atoms with Crippen LogP contribution in [0.1, 0.15) is 11.1 Å². The first kappa shape index (κ1) is 16.7. The highest BCUT2D eigenvalue weighted by molar-refractivity contribution is 7.80. The van der Waals surface area contributed by atoms with Gasteiger partial charge in [-0.15, -0.1) is 0 Å². The number of hydrogen-bond donors (Lipinski definition) is 2. The van der Waals surface area contributed by atoms with Crippen LogP contribution in [0.4, 0.5) is 5.69 Å². The maximum Gasteiger partial charge on any atom is 0.238 e. The van der Waals surface area contributed by atoms with E-state index in [9.17, 15) is 4.79 Å². The molecule has 1 heterocycles. The van der Waals surface area contributed by atoms with E-state index in [1.54, 1.807) is 0 Å². The van der Waals surface area contributed by atoms with E-state index in [4.69, 9.17) is 12.2 Å². The van der Waals surface area contributed by atoms with E-state index in [1.165, 1.54) is 5.56 Å². The normalized spacial score (nSPS) is 15.5. The Balaban J connectivity index is 1.83. The molecule has 1 aromatic carbocycles. The molecule has 1 aliphatic rings. The van der Waals surface area contributed by atoms with Gasteiger partial charge in [-0.2, -0.15) is 0 Å². The summed E-state index contributed by atoms with van der Waals surface area (Å²) >= 11 is 5.23. The fourth-order valence-corrected chi connectivity index (χ4v) is 2.73. The summed E-state index contributed by atoms with van der Waals surface area (Å²) in [5.41, 5.74) is 3.21. The van der Waals surface area contributed by atoms with Crippen molar-refractivity contribution in [2.45, 2.75) is 13.8 Å². The molecular weight excluding hydrogens is 296 g/mol. The number of hydrogen-bond acceptors (Lipinski definition) is 3. The van der Waals surface area contributed by atoms with Crippen LogP contribution in [0.2, 0.25) is 0 Å². The number of rotatable bonds is 3. The first-order chi connectivity index (χ1) is 10.5. The lowest BCUT2D eigenvalue weighted by Crippen LogP contribution is -2.52. The fraction of sp³-hybridized carbons (Fsp3) is 0.500. The first-order valence-corrected chi connectivity index (χ1v) is 7.97. The van der Waals surface area contributed by atoms with Gasteiger partial charge in [-0.25, -0.2) is 0 Å². The largest absolute Gasteiger partial charge is 0.366 e. The van der Waals surface area contributed by atoms with Crippen molar-refractivity contribution in [1.29, 1.82) is 0 Å². The molecule has 0 bridgehead atoms. The Labute approximate surface area is 137 Å². The topological polar surface area (TPSA) is 47.6 Å². The molecule has 1 amide bonds. The van der Waals surface area contributed by atoms with Gasteiger partial charge < -0.3 is 15.5 Å². The molecule has 0 aromatic heterocycles. The summed E-state index contributed by atoms with van der Waals surface area (Å²) in [4.78, 5) is 16.5. The third-order valence-electron chi connectivity index (χ3n) is 4.12. The van der Waals surface area contributed by atoms with Crippen molar-refractivity contribution in [2.75, 3.05) is 45.1 Å². The predicted octanol–water partition coefficient (Wildman–Crippen LogP) is 1.36. The first-order valence-electron chi connectivity index (χ1n) is 7.56. The summed E-state index contributed by atoms with van der Waals surface area (Å²) in [6.07, 6.45) is 0. The third kappa shape index (κ3) is 4.18. The van der Waals surface area contributed by atoms with Crippen molar-refractivity contribution in [3.05, 3.63) is 29.3 Å². The van der Waals surface area contributed by atoms with E-state index >= 15 is 0 Å². The van der Waals surface area contributed by atoms with Crippen LogP contribution >= 0.6 is 12.2 Å². The molecule has 2 rings (SSSR count). The zero-order valence-electron chi connectivity index (χ0n) is 13.5. The molecule has 0 unspecified atom stereocenters. The summed E-state index contributed by atoms with van der Waals surface area (Å²) in [6.45, 7) is 7.92. The Morgan fingerprint density at radius 1 is 1.23 bits per heavy atom. The van der Waals surface area contributed by atoms with Crippen LogP contribution in [0.3, 0.4) is 0 Å². The van der Waals surface area contributed by atoms with Gasteiger partial charge in [-0.1, -0.05) is 12.1 Å². The number of carbonyl (C=O) groups excluding carboxylic acids is 1. The molecule has 0 saturated carbocycles. The van der Waals surface area contributed by atoms with Crippen LogP contribution in [0.15, 0.2) is 18.2 Å². The van der Waals surface area contributed by atoms with Crippen LogP contribution in [-0.2, 0) is 4.79 Å². The molecule has 1 saturated heterocycles. The molecule has 1 fully saturated rings. The molecule has 1 aromatic rings. The van der Waals surface area contributed by atoms with E-state index in [2.05, 4.69) is 33.4 Å². The van der Waals surface area contributed by atoms with Gasteiger partial charge in [0.25, 0.3) is 0 Å². The molecule has 6 heteroatoms. The number of anilines is 1. The van der Waals surface area contributed by atoms with Gasteiger partial charge in [0.2, 0.25) is 5.91 Å². The minimum atomic E-state index is 0.0401. The van der Waals surface area contributed by atoms with Crippen LogP contribution in [0.5, 0.6) is 0 Å². The number of aryl methyl sites for hydroxylation is 1. The van der Waals surface area contributed by atoms with Crippen molar-refractivity contribution in [1.82, 2.24) is 15.1 Å². The van der Waals surface area contributed by atoms with Crippen LogP contribution in [-0.4, -0.2) is 60.6 Å². The van der Waals surface area contributed by atoms with Gasteiger partial charge in [0.15, 0.2) is 5.11 Å². The summed E-state index contributed by atoms with van der Waals surface area (Å²) in [5.74, 6) is 0.0401. The minimum Gasteiger partial charge on any atom is -0.366 e. The zero-order valence-corrected chi connectivity index (χ0v) is 14.3. The zero-order chi connectivity index (χ0) is 16.1. The Kier molecular flexibility index (Phi) is 5.74. The Bertz CT molecular complexity index is 553. The smallest absolute Gasteiger partial charge is 0.238 e. The van der Waals surface area contributed by atoms with Gasteiger partial charge in [0.1, 0.15) is 0 Å². The van der Waals surface area contributed by atoms with Gasteiger partial charge in [0.05, 0.1) is 6.54 Å². The lowest BCUT2D eigenvalue weighted by atomic mass is 10.1. The summed E-state index contributed by atoms with van der Waals surface area (Å²) in [6, 6.07) is 5.97. The predicted molar refractivity (Wildman–Crippen MR) is 94.2 cm³/mol. The van der Waals surface area contributed by atoms with E-state index in [-0.39, 0.29) is 5.91 Å². The Morgan fingerprint density at radius 2 is 1.91 bits per heavy atom. The van der Waals surface area contributed by atoms with Gasteiger partial charge in [-0.3, -0.25) is 9.69 Å². The summed E-state index contributed by atoms with van der Waals surface area (Å²) in [5, 5.41) is 6.78. The Hall–Kier alpha value is -1.66. The van der Waals surface area contributed by atoms with Crippen molar-refractivity contribution in [2.24, 2.45) is 0 Å². The molecule has 2 N–H and O–H groups in total.